The maximum atomic E-state index is 12.0. The molecule has 0 bridgehead atoms. The van der Waals surface area contributed by atoms with Gasteiger partial charge in [0.25, 0.3) is 0 Å². The summed E-state index contributed by atoms with van der Waals surface area (Å²) < 4.78 is 13.3. The Hall–Kier alpha value is -10.2. The molecule has 0 saturated heterocycles. The second-order valence-electron chi connectivity index (χ2n) is 17.9. The number of ether oxygens (including phenoxy) is 2. The molecule has 19 heteroatoms. The van der Waals surface area contributed by atoms with Crippen LogP contribution in [0, 0.1) is 0 Å². The predicted octanol–water partition coefficient (Wildman–Crippen LogP) is 16.8. The fraction of sp³-hybridized carbons (Fsp3) is 0.0303. The lowest BCUT2D eigenvalue weighted by atomic mass is 10.2. The lowest BCUT2D eigenvalue weighted by Crippen LogP contribution is -2.28. The molecule has 5 aromatic heterocycles. The molecule has 0 saturated carbocycles. The Balaban J connectivity index is 0.000000135. The van der Waals surface area contributed by atoms with Crippen molar-refractivity contribution in [1.82, 2.24) is 30.2 Å². The van der Waals surface area contributed by atoms with E-state index in [9.17, 15) is 14.4 Å². The lowest BCUT2D eigenvalue weighted by Gasteiger charge is -2.08. The Kier molecular flexibility index (Phi) is 21.5. The molecular weight excluding hydrogens is 1140 g/mol. The number of nitrogens with zero attached hydrogens (tertiary/aromatic N) is 5. The van der Waals surface area contributed by atoms with Crippen molar-refractivity contribution in [1.29, 1.82) is 0 Å². The van der Waals surface area contributed by atoms with Crippen LogP contribution in [0.3, 0.4) is 0 Å². The summed E-state index contributed by atoms with van der Waals surface area (Å²) in [5.41, 5.74) is 20.7. The normalized spacial score (nSPS) is 10.3. The molecule has 422 valence electrons. The number of nitrogens with one attached hydrogen (secondary N) is 3. The van der Waals surface area contributed by atoms with Crippen molar-refractivity contribution in [2.45, 2.75) is 13.1 Å². The van der Waals surface area contributed by atoms with Gasteiger partial charge in [-0.2, -0.15) is 0 Å². The van der Waals surface area contributed by atoms with E-state index in [4.69, 9.17) is 27.8 Å². The van der Waals surface area contributed by atoms with Crippen molar-refractivity contribution in [3.63, 3.8) is 0 Å². The molecule has 0 aliphatic carbocycles. The number of thiazole rings is 3. The minimum absolute atomic E-state index is 0.241. The number of carbonyl (C=O) groups is 3. The van der Waals surface area contributed by atoms with Crippen LogP contribution < -0.4 is 36.9 Å². The Bertz CT molecular complexity index is 4100. The maximum Gasteiger partial charge on any atom is 0.417 e. The second kappa shape index (κ2) is 30.7. The van der Waals surface area contributed by atoms with Gasteiger partial charge in [-0.3, -0.25) is 15.3 Å². The second-order valence-corrected chi connectivity index (χ2v) is 21.3. The van der Waals surface area contributed by atoms with Crippen LogP contribution in [0.2, 0.25) is 0 Å². The van der Waals surface area contributed by atoms with Crippen LogP contribution in [0.5, 0.6) is 11.5 Å². The molecule has 0 unspecified atom stereocenters. The van der Waals surface area contributed by atoms with E-state index in [1.165, 1.54) is 9.40 Å². The smallest absolute Gasteiger partial charge is 0.415 e. The van der Waals surface area contributed by atoms with Crippen molar-refractivity contribution in [3.05, 3.63) is 266 Å². The zero-order valence-electron chi connectivity index (χ0n) is 45.2. The molecule has 7 N–H and O–H groups in total. The van der Waals surface area contributed by atoms with E-state index in [-0.39, 0.29) is 6.03 Å². The number of para-hydroxylation sites is 5. The number of anilines is 3. The maximum absolute atomic E-state index is 12.0. The first kappa shape index (κ1) is 59.4. The molecule has 0 radical (unpaired) electrons. The van der Waals surface area contributed by atoms with E-state index < -0.39 is 11.5 Å². The van der Waals surface area contributed by atoms with Gasteiger partial charge in [0.15, 0.2) is 0 Å². The first-order valence-electron chi connectivity index (χ1n) is 26.2. The Morgan fingerprint density at radius 1 is 0.435 bits per heavy atom. The number of carbonyl (C=O) groups excluding carboxylic acids is 3. The molecule has 0 fully saturated rings. The van der Waals surface area contributed by atoms with Crippen LogP contribution in [-0.4, -0.2) is 42.5 Å². The van der Waals surface area contributed by atoms with Crippen LogP contribution in [0.25, 0.3) is 62.4 Å². The Morgan fingerprint density at radius 3 is 1.21 bits per heavy atom. The number of urea groups is 1. The quantitative estimate of drug-likeness (QED) is 0.0637. The first-order chi connectivity index (χ1) is 41.6. The van der Waals surface area contributed by atoms with E-state index in [1.54, 1.807) is 95.2 Å². The number of hydrogen-bond donors (Lipinski definition) is 5. The number of aromatic nitrogens is 5. The Morgan fingerprint density at radius 2 is 0.812 bits per heavy atom. The molecule has 5 heterocycles. The summed E-state index contributed by atoms with van der Waals surface area (Å²) in [5.74, 6) is 0.966. The Labute approximate surface area is 506 Å². The van der Waals surface area contributed by atoms with Gasteiger partial charge in [0.1, 0.15) is 26.5 Å². The number of hydrogen-bond acceptors (Lipinski definition) is 15. The predicted molar refractivity (Wildman–Crippen MR) is 346 cm³/mol. The summed E-state index contributed by atoms with van der Waals surface area (Å²) in [5, 5.41) is 11.3. The van der Waals surface area contributed by atoms with Crippen LogP contribution in [-0.2, 0) is 13.1 Å². The molecule has 13 rings (SSSR count). The first-order valence-corrected chi connectivity index (χ1v) is 29.1. The molecule has 8 aromatic carbocycles. The molecular formula is C66H53ClN10O5S3. The molecule has 0 aliphatic rings. The van der Waals surface area contributed by atoms with Gasteiger partial charge in [0.2, 0.25) is 0 Å². The van der Waals surface area contributed by atoms with Gasteiger partial charge in [-0.1, -0.05) is 72.8 Å². The highest BCUT2D eigenvalue weighted by Crippen LogP contribution is 2.33. The number of benzene rings is 8. The number of fused-ring (bicyclic) bond motifs is 3. The molecule has 13 aromatic rings. The van der Waals surface area contributed by atoms with E-state index in [2.05, 4.69) is 63.8 Å². The van der Waals surface area contributed by atoms with Crippen LogP contribution in [0.15, 0.2) is 255 Å². The molecule has 15 nitrogen and oxygen atoms in total. The number of amides is 3. The van der Waals surface area contributed by atoms with Crippen LogP contribution in [0.4, 0.5) is 31.4 Å². The average molecular weight is 1200 g/mol. The molecule has 0 aliphatic heterocycles. The summed E-state index contributed by atoms with van der Waals surface area (Å²) in [6.45, 7) is 1.06. The van der Waals surface area contributed by atoms with Gasteiger partial charge >= 0.3 is 17.6 Å². The minimum Gasteiger partial charge on any atom is -0.415 e. The summed E-state index contributed by atoms with van der Waals surface area (Å²) in [7, 11) is 0. The third-order valence-corrected chi connectivity index (χ3v) is 15.2. The third-order valence-electron chi connectivity index (χ3n) is 11.9. The molecule has 0 atom stereocenters. The van der Waals surface area contributed by atoms with Crippen LogP contribution in [0.1, 0.15) is 11.1 Å². The topological polar surface area (TPSA) is 222 Å². The highest BCUT2D eigenvalue weighted by Gasteiger charge is 2.11. The SMILES string of the molecule is NCc1ccncc1.Nc1ccc(-c2nc3ccccc3s2)cc1.O=C(Cl)Oc1ccccc1.O=C(NCc1ccncc1)Nc1ccc(-c2nc3ccccc3s2)cc1.O=C(Nc1ccc(-c2nc3ccccc3s2)cc1)Oc1ccccc1. The monoisotopic (exact) mass is 1200 g/mol. The average Bonchev–Trinajstić information content (AvgIpc) is 4.26. The number of pyridine rings is 2. The van der Waals surface area contributed by atoms with E-state index >= 15 is 0 Å². The molecule has 3 amide bonds. The largest absolute Gasteiger partial charge is 0.417 e. The summed E-state index contributed by atoms with van der Waals surface area (Å²) in [6, 6.07) is 72.3. The number of nitrogen functional groups attached to an aromatic ring is 1. The third kappa shape index (κ3) is 18.4. The lowest BCUT2D eigenvalue weighted by molar-refractivity contribution is 0.215. The zero-order chi connectivity index (χ0) is 59.0. The van der Waals surface area contributed by atoms with Crippen molar-refractivity contribution >= 4 is 111 Å². The van der Waals surface area contributed by atoms with Crippen molar-refractivity contribution in [3.8, 4) is 43.2 Å². The summed E-state index contributed by atoms with van der Waals surface area (Å²) in [4.78, 5) is 55.7. The van der Waals surface area contributed by atoms with E-state index in [1.807, 2.05) is 176 Å². The van der Waals surface area contributed by atoms with Crippen molar-refractivity contribution < 1.29 is 23.9 Å². The van der Waals surface area contributed by atoms with Gasteiger partial charge in [0.05, 0.1) is 30.6 Å². The van der Waals surface area contributed by atoms with Crippen LogP contribution >= 0.6 is 45.6 Å². The fourth-order valence-electron chi connectivity index (χ4n) is 7.70. The van der Waals surface area contributed by atoms with E-state index in [0.717, 1.165) is 75.5 Å². The summed E-state index contributed by atoms with van der Waals surface area (Å²) in [6.07, 6.45) is 6.37. The highest BCUT2D eigenvalue weighted by molar-refractivity contribution is 7.22. The van der Waals surface area contributed by atoms with Gasteiger partial charge in [0, 0.05) is 83.2 Å². The molecule has 0 spiro atoms. The number of nitrogens with two attached hydrogens (primary N) is 2. The summed E-state index contributed by atoms with van der Waals surface area (Å²) >= 11 is 9.96. The van der Waals surface area contributed by atoms with Gasteiger partial charge in [-0.15, -0.1) is 34.0 Å². The zero-order valence-corrected chi connectivity index (χ0v) is 48.4. The van der Waals surface area contributed by atoms with Gasteiger partial charge < -0.3 is 31.6 Å². The van der Waals surface area contributed by atoms with Crippen molar-refractivity contribution in [2.75, 3.05) is 16.4 Å². The number of rotatable bonds is 10. The highest BCUT2D eigenvalue weighted by atomic mass is 35.5. The van der Waals surface area contributed by atoms with E-state index in [0.29, 0.717) is 30.3 Å². The van der Waals surface area contributed by atoms with Gasteiger partial charge in [-0.05, 0) is 169 Å². The van der Waals surface area contributed by atoms with Gasteiger partial charge in [-0.25, -0.2) is 29.3 Å². The number of halogens is 1. The standard InChI is InChI=1S/C20H16N4OS.C20H14N2O2S.C13H10N2S.C7H5ClO2.C6H8N2/c25-20(22-13-14-9-11-21-12-10-14)23-16-7-5-15(6-8-16)19-24-17-3-1-2-4-18(17)26-19;23-20(24-16-6-2-1-3-7-16)21-15-12-10-14(11-13-15)19-22-17-8-4-5-9-18(17)25-19;14-10-7-5-9(6-8-10)13-15-11-3-1-2-4-12(11)16-13;8-7(9)10-6-4-2-1-3-5-6;7-5-6-1-3-8-4-2-6/h1-12H,13H2,(H2,22,23,25);1-13H,(H,21,23);1-8H,14H2;1-5H;1-4H,5,7H2. The molecule has 85 heavy (non-hydrogen) atoms. The fourth-order valence-corrected chi connectivity index (χ4v) is 10.7. The van der Waals surface area contributed by atoms with Crippen molar-refractivity contribution in [2.24, 2.45) is 5.73 Å². The minimum atomic E-state index is -0.814.